The van der Waals surface area contributed by atoms with Crippen molar-refractivity contribution in [1.29, 1.82) is 0 Å². The molecule has 2 amide bonds. The average molecular weight is 450 g/mol. The van der Waals surface area contributed by atoms with E-state index >= 15 is 0 Å². The lowest BCUT2D eigenvalue weighted by molar-refractivity contribution is 0.0730. The van der Waals surface area contributed by atoms with Crippen LogP contribution in [0.2, 0.25) is 0 Å². The van der Waals surface area contributed by atoms with E-state index in [0.717, 1.165) is 16.9 Å². The van der Waals surface area contributed by atoms with Crippen LogP contribution in [0.4, 0.5) is 17.1 Å². The Hall–Kier alpha value is -3.66. The zero-order valence-electron chi connectivity index (χ0n) is 19.0. The first-order chi connectivity index (χ1) is 16.0. The van der Waals surface area contributed by atoms with Crippen molar-refractivity contribution in [3.63, 3.8) is 0 Å². The van der Waals surface area contributed by atoms with Crippen LogP contribution in [0.15, 0.2) is 30.7 Å². The Morgan fingerprint density at radius 3 is 2.70 bits per heavy atom. The first kappa shape index (κ1) is 21.2. The summed E-state index contributed by atoms with van der Waals surface area (Å²) >= 11 is 0. The Morgan fingerprint density at radius 2 is 1.97 bits per heavy atom. The van der Waals surface area contributed by atoms with Gasteiger partial charge in [0.05, 0.1) is 48.9 Å². The fourth-order valence-electron chi connectivity index (χ4n) is 4.31. The molecule has 172 valence electrons. The molecule has 0 atom stereocenters. The topological polar surface area (TPSA) is 104 Å². The molecule has 10 heteroatoms. The van der Waals surface area contributed by atoms with Crippen molar-refractivity contribution in [2.75, 3.05) is 48.9 Å². The van der Waals surface area contributed by atoms with Crippen molar-refractivity contribution >= 4 is 34.5 Å². The fourth-order valence-corrected chi connectivity index (χ4v) is 4.31. The predicted molar refractivity (Wildman–Crippen MR) is 125 cm³/mol. The van der Waals surface area contributed by atoms with Crippen LogP contribution >= 0.6 is 0 Å². The maximum atomic E-state index is 13.3. The molecule has 0 aliphatic carbocycles. The molecule has 2 N–H and O–H groups in total. The zero-order chi connectivity index (χ0) is 23.1. The van der Waals surface area contributed by atoms with Crippen molar-refractivity contribution in [3.05, 3.63) is 47.4 Å². The minimum atomic E-state index is -0.297. The van der Waals surface area contributed by atoms with Crippen LogP contribution in [-0.2, 0) is 11.3 Å². The normalized spacial score (nSPS) is 15.9. The van der Waals surface area contributed by atoms with Crippen LogP contribution in [0.3, 0.4) is 0 Å². The minimum absolute atomic E-state index is 0.0274. The second-order valence-corrected chi connectivity index (χ2v) is 8.53. The molecule has 33 heavy (non-hydrogen) atoms. The van der Waals surface area contributed by atoms with Gasteiger partial charge in [-0.2, -0.15) is 5.10 Å². The van der Waals surface area contributed by atoms with E-state index in [1.165, 1.54) is 6.20 Å². The van der Waals surface area contributed by atoms with Gasteiger partial charge in [-0.15, -0.1) is 0 Å². The molecular weight excluding hydrogens is 422 g/mol. The Morgan fingerprint density at radius 1 is 1.18 bits per heavy atom. The number of fused-ring (bicyclic) bond motifs is 2. The molecule has 1 saturated heterocycles. The highest BCUT2D eigenvalue weighted by Crippen LogP contribution is 2.36. The second kappa shape index (κ2) is 8.36. The monoisotopic (exact) mass is 449 g/mol. The Kier molecular flexibility index (Phi) is 5.37. The number of rotatable bonds is 5. The molecule has 0 saturated carbocycles. The number of aromatic nitrogens is 3. The smallest absolute Gasteiger partial charge is 0.261 e. The first-order valence-corrected chi connectivity index (χ1v) is 11.1. The lowest BCUT2D eigenvalue weighted by atomic mass is 10.1. The summed E-state index contributed by atoms with van der Waals surface area (Å²) in [5.41, 5.74) is 4.76. The summed E-state index contributed by atoms with van der Waals surface area (Å²) in [5.74, 6) is -0.270. The number of anilines is 3. The molecular formula is C23H27N7O3. The van der Waals surface area contributed by atoms with E-state index in [9.17, 15) is 9.59 Å². The van der Waals surface area contributed by atoms with E-state index in [2.05, 4.69) is 25.6 Å². The van der Waals surface area contributed by atoms with Crippen molar-refractivity contribution < 1.29 is 14.3 Å². The number of nitrogens with zero attached hydrogens (tertiary/aromatic N) is 5. The highest BCUT2D eigenvalue weighted by Gasteiger charge is 2.32. The molecule has 0 radical (unpaired) electrons. The largest absolute Gasteiger partial charge is 0.386 e. The van der Waals surface area contributed by atoms with Crippen molar-refractivity contribution in [1.82, 2.24) is 19.5 Å². The molecule has 2 aliphatic rings. The lowest BCUT2D eigenvalue weighted by Crippen LogP contribution is -2.37. The zero-order valence-corrected chi connectivity index (χ0v) is 19.0. The number of carbonyl (C=O) groups is 2. The van der Waals surface area contributed by atoms with E-state index in [4.69, 9.17) is 4.74 Å². The quantitative estimate of drug-likeness (QED) is 0.616. The first-order valence-electron chi connectivity index (χ1n) is 11.1. The van der Waals surface area contributed by atoms with Crippen molar-refractivity contribution in [2.24, 2.45) is 0 Å². The maximum Gasteiger partial charge on any atom is 0.261 e. The number of ether oxygens (including phenoxy) is 1. The SMILES string of the molecule is CNc1cnc2c(C(=O)Nc3cc4c(cc3N3CCOCC3)C(=O)N(C(C)C)C4)cnn2c1. The standard InChI is InChI=1S/C23H27N7O3/c1-14(2)29-12-15-8-19(20(9-17(15)23(29)32)28-4-6-33-7-5-28)27-22(31)18-11-26-30-13-16(24-3)10-25-21(18)30/h8-11,13-14,24H,4-7,12H2,1-3H3,(H,27,31). The summed E-state index contributed by atoms with van der Waals surface area (Å²) in [5, 5.41) is 10.3. The summed E-state index contributed by atoms with van der Waals surface area (Å²) in [6, 6.07) is 3.94. The molecule has 0 spiro atoms. The van der Waals surface area contributed by atoms with E-state index in [1.54, 1.807) is 24.0 Å². The summed E-state index contributed by atoms with van der Waals surface area (Å²) in [4.78, 5) is 34.6. The molecule has 2 aromatic heterocycles. The maximum absolute atomic E-state index is 13.3. The van der Waals surface area contributed by atoms with E-state index in [-0.39, 0.29) is 17.9 Å². The summed E-state index contributed by atoms with van der Waals surface area (Å²) in [7, 11) is 1.80. The van der Waals surface area contributed by atoms with E-state index in [1.807, 2.05) is 30.9 Å². The highest BCUT2D eigenvalue weighted by molar-refractivity contribution is 6.10. The average Bonchev–Trinajstić information content (AvgIpc) is 3.39. The molecule has 10 nitrogen and oxygen atoms in total. The lowest BCUT2D eigenvalue weighted by Gasteiger charge is -2.31. The van der Waals surface area contributed by atoms with Gasteiger partial charge in [-0.05, 0) is 31.5 Å². The number of carbonyl (C=O) groups excluding carboxylic acids is 2. The van der Waals surface area contributed by atoms with Gasteiger partial charge in [-0.3, -0.25) is 9.59 Å². The third-order valence-electron chi connectivity index (χ3n) is 6.17. The molecule has 5 rings (SSSR count). The predicted octanol–water partition coefficient (Wildman–Crippen LogP) is 2.22. The van der Waals surface area contributed by atoms with Crippen LogP contribution in [-0.4, -0.2) is 70.7 Å². The third kappa shape index (κ3) is 3.76. The van der Waals surface area contributed by atoms with Crippen molar-refractivity contribution in [3.8, 4) is 0 Å². The molecule has 0 unspecified atom stereocenters. The van der Waals surface area contributed by atoms with Gasteiger partial charge in [0, 0.05) is 38.3 Å². The fraction of sp³-hybridized carbons (Fsp3) is 0.391. The Labute approximate surface area is 191 Å². The van der Waals surface area contributed by atoms with Gasteiger partial charge in [-0.1, -0.05) is 0 Å². The van der Waals surface area contributed by atoms with Gasteiger partial charge in [0.15, 0.2) is 5.65 Å². The van der Waals surface area contributed by atoms with Crippen LogP contribution < -0.4 is 15.5 Å². The number of morpholine rings is 1. The number of hydrogen-bond donors (Lipinski definition) is 2. The number of nitrogens with one attached hydrogen (secondary N) is 2. The van der Waals surface area contributed by atoms with Crippen LogP contribution in [0, 0.1) is 0 Å². The molecule has 1 aromatic carbocycles. The Balaban J connectivity index is 1.51. The van der Waals surface area contributed by atoms with Crippen molar-refractivity contribution in [2.45, 2.75) is 26.4 Å². The second-order valence-electron chi connectivity index (χ2n) is 8.53. The Bertz CT molecular complexity index is 1230. The molecule has 3 aromatic rings. The number of hydrogen-bond acceptors (Lipinski definition) is 7. The molecule has 2 aliphatic heterocycles. The minimum Gasteiger partial charge on any atom is -0.386 e. The van der Waals surface area contributed by atoms with Crippen LogP contribution in [0.1, 0.15) is 40.1 Å². The number of benzene rings is 1. The highest BCUT2D eigenvalue weighted by atomic mass is 16.5. The third-order valence-corrected chi connectivity index (χ3v) is 6.17. The van der Waals surface area contributed by atoms with Gasteiger partial charge < -0.3 is 25.2 Å². The number of amides is 2. The van der Waals surface area contributed by atoms with Crippen LogP contribution in [0.25, 0.3) is 5.65 Å². The summed E-state index contributed by atoms with van der Waals surface area (Å²) in [6.07, 6.45) is 4.96. The van der Waals surface area contributed by atoms with Gasteiger partial charge in [0.2, 0.25) is 0 Å². The molecule has 4 heterocycles. The van der Waals surface area contributed by atoms with Gasteiger partial charge in [0.1, 0.15) is 5.56 Å². The van der Waals surface area contributed by atoms with Gasteiger partial charge in [0.25, 0.3) is 11.8 Å². The van der Waals surface area contributed by atoms with Gasteiger partial charge >= 0.3 is 0 Å². The van der Waals surface area contributed by atoms with Crippen LogP contribution in [0.5, 0.6) is 0 Å². The van der Waals surface area contributed by atoms with E-state index in [0.29, 0.717) is 55.3 Å². The summed E-state index contributed by atoms with van der Waals surface area (Å²) in [6.45, 7) is 7.12. The molecule has 0 bridgehead atoms. The van der Waals surface area contributed by atoms with Gasteiger partial charge in [-0.25, -0.2) is 9.50 Å². The van der Waals surface area contributed by atoms with E-state index < -0.39 is 0 Å². The molecule has 1 fully saturated rings. The summed E-state index contributed by atoms with van der Waals surface area (Å²) < 4.78 is 7.08.